The minimum atomic E-state index is -3.09. The number of carbonyl (C=O) groups excluding carboxylic acids is 1. The van der Waals surface area contributed by atoms with E-state index in [9.17, 15) is 13.2 Å². The molecule has 0 aliphatic carbocycles. The maximum Gasteiger partial charge on any atom is 0.228 e. The molecule has 2 saturated heterocycles. The van der Waals surface area contributed by atoms with Crippen LogP contribution in [0.5, 0.6) is 0 Å². The molecule has 0 saturated carbocycles. The highest BCUT2D eigenvalue weighted by Crippen LogP contribution is 2.27. The molecule has 0 bridgehead atoms. The van der Waals surface area contributed by atoms with Gasteiger partial charge in [-0.1, -0.05) is 6.07 Å². The molecule has 134 valence electrons. The number of piperazine rings is 1. The van der Waals surface area contributed by atoms with Gasteiger partial charge in [0.05, 0.1) is 35.4 Å². The Kier molecular flexibility index (Phi) is 3.84. The molecule has 0 N–H and O–H groups in total. The van der Waals surface area contributed by atoms with E-state index in [0.717, 1.165) is 17.0 Å². The van der Waals surface area contributed by atoms with Gasteiger partial charge >= 0.3 is 0 Å². The minimum Gasteiger partial charge on any atom is -0.335 e. The number of hydrogen-bond donors (Lipinski definition) is 0. The molecule has 2 aromatic heterocycles. The van der Waals surface area contributed by atoms with Crippen molar-refractivity contribution in [1.29, 1.82) is 0 Å². The number of aromatic nitrogens is 2. The third-order valence-corrected chi connectivity index (χ3v) is 7.12. The van der Waals surface area contributed by atoms with Crippen LogP contribution in [0.2, 0.25) is 0 Å². The highest BCUT2D eigenvalue weighted by Gasteiger charge is 2.46. The number of pyridine rings is 1. The van der Waals surface area contributed by atoms with E-state index in [-0.39, 0.29) is 35.9 Å². The molecule has 2 aliphatic heterocycles. The number of likely N-dealkylation sites (N-methyl/N-ethyl adjacent to an activating group) is 1. The lowest BCUT2D eigenvalue weighted by Crippen LogP contribution is -2.59. The Labute approximate surface area is 147 Å². The summed E-state index contributed by atoms with van der Waals surface area (Å²) in [6, 6.07) is 5.41. The number of rotatable bonds is 2. The van der Waals surface area contributed by atoms with Crippen LogP contribution in [0, 0.1) is 6.92 Å². The van der Waals surface area contributed by atoms with Crippen LogP contribution in [-0.4, -0.2) is 77.2 Å². The van der Waals surface area contributed by atoms with E-state index in [1.807, 2.05) is 42.8 Å². The van der Waals surface area contributed by atoms with Gasteiger partial charge in [0.1, 0.15) is 5.65 Å². The summed E-state index contributed by atoms with van der Waals surface area (Å²) in [4.78, 5) is 21.3. The van der Waals surface area contributed by atoms with Crippen LogP contribution in [0.3, 0.4) is 0 Å². The Bertz CT molecular complexity index is 937. The lowest BCUT2D eigenvalue weighted by atomic mass is 10.0. The third kappa shape index (κ3) is 2.83. The monoisotopic (exact) mass is 362 g/mol. The van der Waals surface area contributed by atoms with Crippen LogP contribution in [0.4, 0.5) is 0 Å². The summed E-state index contributed by atoms with van der Waals surface area (Å²) < 4.78 is 26.1. The molecule has 0 radical (unpaired) electrons. The number of imidazole rings is 1. The predicted octanol–water partition coefficient (Wildman–Crippen LogP) is 0.125. The first kappa shape index (κ1) is 16.5. The van der Waals surface area contributed by atoms with Gasteiger partial charge in [0.25, 0.3) is 0 Å². The molecule has 2 fully saturated rings. The number of carbonyl (C=O) groups is 1. The summed E-state index contributed by atoms with van der Waals surface area (Å²) in [5.74, 6) is 0.195. The lowest BCUT2D eigenvalue weighted by molar-refractivity contribution is -0.135. The third-order valence-electron chi connectivity index (χ3n) is 5.42. The molecule has 2 aliphatic rings. The summed E-state index contributed by atoms with van der Waals surface area (Å²) in [5.41, 5.74) is 2.53. The minimum absolute atomic E-state index is 0.0195. The molecule has 1 amide bonds. The second kappa shape index (κ2) is 5.81. The second-order valence-corrected chi connectivity index (χ2v) is 9.18. The van der Waals surface area contributed by atoms with E-state index in [1.165, 1.54) is 0 Å². The van der Waals surface area contributed by atoms with Crippen molar-refractivity contribution in [2.24, 2.45) is 0 Å². The highest BCUT2D eigenvalue weighted by atomic mass is 32.2. The Morgan fingerprint density at radius 2 is 2.00 bits per heavy atom. The van der Waals surface area contributed by atoms with Crippen molar-refractivity contribution < 1.29 is 13.2 Å². The molecule has 0 spiro atoms. The zero-order valence-corrected chi connectivity index (χ0v) is 15.2. The SMILES string of the molecule is Cc1nc2ccccn2c1CC(=O)N1CCN(C)[C@@H]2CS(=O)(=O)C[C@@H]21. The maximum atomic E-state index is 13.0. The van der Waals surface area contributed by atoms with Crippen LogP contribution in [0.15, 0.2) is 24.4 Å². The number of sulfone groups is 1. The summed E-state index contributed by atoms with van der Waals surface area (Å²) in [7, 11) is -1.15. The molecule has 0 aromatic carbocycles. The Balaban J connectivity index is 1.61. The number of fused-ring (bicyclic) bond motifs is 2. The molecular weight excluding hydrogens is 340 g/mol. The van der Waals surface area contributed by atoms with E-state index in [4.69, 9.17) is 0 Å². The van der Waals surface area contributed by atoms with Crippen molar-refractivity contribution >= 4 is 21.4 Å². The van der Waals surface area contributed by atoms with Crippen LogP contribution in [0.25, 0.3) is 5.65 Å². The van der Waals surface area contributed by atoms with Crippen molar-refractivity contribution in [2.45, 2.75) is 25.4 Å². The zero-order valence-electron chi connectivity index (χ0n) is 14.4. The molecule has 2 atom stereocenters. The van der Waals surface area contributed by atoms with Gasteiger partial charge in [-0.3, -0.25) is 9.69 Å². The first-order valence-corrected chi connectivity index (χ1v) is 10.3. The van der Waals surface area contributed by atoms with Crippen molar-refractivity contribution in [3.63, 3.8) is 0 Å². The molecular formula is C17H22N4O3S. The highest BCUT2D eigenvalue weighted by molar-refractivity contribution is 7.91. The second-order valence-electron chi connectivity index (χ2n) is 7.03. The lowest BCUT2D eigenvalue weighted by Gasteiger charge is -2.42. The molecule has 7 nitrogen and oxygen atoms in total. The van der Waals surface area contributed by atoms with Gasteiger partial charge in [-0.15, -0.1) is 0 Å². The molecule has 25 heavy (non-hydrogen) atoms. The summed E-state index contributed by atoms with van der Waals surface area (Å²) in [6.07, 6.45) is 2.15. The number of hydrogen-bond acceptors (Lipinski definition) is 5. The van der Waals surface area contributed by atoms with Crippen LogP contribution in [0.1, 0.15) is 11.4 Å². The first-order valence-electron chi connectivity index (χ1n) is 8.48. The summed E-state index contributed by atoms with van der Waals surface area (Å²) >= 11 is 0. The molecule has 4 rings (SSSR count). The van der Waals surface area contributed by atoms with Crippen LogP contribution in [-0.2, 0) is 21.1 Å². The molecule has 4 heterocycles. The average Bonchev–Trinajstić information content (AvgIpc) is 3.04. The Morgan fingerprint density at radius 1 is 1.24 bits per heavy atom. The van der Waals surface area contributed by atoms with Gasteiger partial charge in [-0.25, -0.2) is 13.4 Å². The Hall–Kier alpha value is -1.93. The smallest absolute Gasteiger partial charge is 0.228 e. The van der Waals surface area contributed by atoms with E-state index in [1.54, 1.807) is 4.90 Å². The summed E-state index contributed by atoms with van der Waals surface area (Å²) in [6.45, 7) is 3.18. The topological polar surface area (TPSA) is 75.0 Å². The van der Waals surface area contributed by atoms with E-state index in [0.29, 0.717) is 13.1 Å². The van der Waals surface area contributed by atoms with Crippen molar-refractivity contribution in [1.82, 2.24) is 19.2 Å². The fourth-order valence-electron chi connectivity index (χ4n) is 4.06. The fraction of sp³-hybridized carbons (Fsp3) is 0.529. The van der Waals surface area contributed by atoms with Gasteiger partial charge in [0.2, 0.25) is 5.91 Å². The van der Waals surface area contributed by atoms with Crippen LogP contribution >= 0.6 is 0 Å². The fourth-order valence-corrected chi connectivity index (χ4v) is 6.11. The van der Waals surface area contributed by atoms with Gasteiger partial charge in [0.15, 0.2) is 9.84 Å². The van der Waals surface area contributed by atoms with Gasteiger partial charge in [-0.05, 0) is 26.1 Å². The van der Waals surface area contributed by atoms with E-state index >= 15 is 0 Å². The molecule has 0 unspecified atom stereocenters. The number of amides is 1. The zero-order chi connectivity index (χ0) is 17.8. The number of aryl methyl sites for hydroxylation is 1. The predicted molar refractivity (Wildman–Crippen MR) is 94.2 cm³/mol. The maximum absolute atomic E-state index is 13.0. The molecule has 8 heteroatoms. The number of nitrogens with zero attached hydrogens (tertiary/aromatic N) is 4. The summed E-state index contributed by atoms with van der Waals surface area (Å²) in [5, 5.41) is 0. The Morgan fingerprint density at radius 3 is 2.80 bits per heavy atom. The van der Waals surface area contributed by atoms with Crippen molar-refractivity contribution in [3.05, 3.63) is 35.8 Å². The van der Waals surface area contributed by atoms with Gasteiger partial charge < -0.3 is 9.30 Å². The van der Waals surface area contributed by atoms with Gasteiger partial charge in [0, 0.05) is 25.3 Å². The van der Waals surface area contributed by atoms with E-state index < -0.39 is 9.84 Å². The molecule has 2 aromatic rings. The average molecular weight is 362 g/mol. The van der Waals surface area contributed by atoms with Gasteiger partial charge in [-0.2, -0.15) is 0 Å². The van der Waals surface area contributed by atoms with Crippen LogP contribution < -0.4 is 0 Å². The van der Waals surface area contributed by atoms with Crippen molar-refractivity contribution in [3.8, 4) is 0 Å². The van der Waals surface area contributed by atoms with E-state index in [2.05, 4.69) is 9.88 Å². The first-order chi connectivity index (χ1) is 11.9. The normalized spacial score (nSPS) is 26.1. The largest absolute Gasteiger partial charge is 0.335 e. The quantitative estimate of drug-likeness (QED) is 0.759. The standard InChI is InChI=1S/C17H22N4O3S/c1-12-13(20-6-4-3-5-16(20)18-12)9-17(22)21-8-7-19(2)14-10-25(23,24)11-15(14)21/h3-6,14-15H,7-11H2,1-2H3/t14-,15+/m1/s1. The van der Waals surface area contributed by atoms with Crippen molar-refractivity contribution in [2.75, 3.05) is 31.6 Å².